The third kappa shape index (κ3) is 3.82. The highest BCUT2D eigenvalue weighted by atomic mass is 32.1. The molecule has 1 aliphatic heterocycles. The molecule has 0 aliphatic carbocycles. The van der Waals surface area contributed by atoms with E-state index in [1.54, 1.807) is 0 Å². The van der Waals surface area contributed by atoms with Gasteiger partial charge in [0.2, 0.25) is 5.91 Å². The summed E-state index contributed by atoms with van der Waals surface area (Å²) in [6.07, 6.45) is 0. The van der Waals surface area contributed by atoms with E-state index in [2.05, 4.69) is 28.1 Å². The number of amides is 1. The van der Waals surface area contributed by atoms with E-state index in [-0.39, 0.29) is 5.91 Å². The van der Waals surface area contributed by atoms with Crippen LogP contribution in [-0.2, 0) is 4.79 Å². The fourth-order valence-corrected chi connectivity index (χ4v) is 3.51. The molecule has 0 spiro atoms. The second kappa shape index (κ2) is 7.03. The largest absolute Gasteiger partial charge is 0.315 e. The lowest BCUT2D eigenvalue weighted by Crippen LogP contribution is -2.48. The van der Waals surface area contributed by atoms with Gasteiger partial charge in [-0.3, -0.25) is 9.69 Å². The van der Waals surface area contributed by atoms with E-state index in [1.807, 2.05) is 13.8 Å². The van der Waals surface area contributed by atoms with Crippen molar-refractivity contribution in [3.63, 3.8) is 0 Å². The second-order valence-electron chi connectivity index (χ2n) is 5.36. The SMILES string of the molecule is CCN1CCN(CC(=O)Nc2sc(C)c(C)c2C#N)CC1. The van der Waals surface area contributed by atoms with Gasteiger partial charge in [0.1, 0.15) is 11.1 Å². The zero-order valence-electron chi connectivity index (χ0n) is 12.9. The Labute approximate surface area is 130 Å². The Morgan fingerprint density at radius 1 is 1.29 bits per heavy atom. The molecule has 1 saturated heterocycles. The lowest BCUT2D eigenvalue weighted by atomic mass is 10.2. The first-order valence-corrected chi connectivity index (χ1v) is 8.11. The molecule has 0 aromatic carbocycles. The third-order valence-electron chi connectivity index (χ3n) is 4.03. The summed E-state index contributed by atoms with van der Waals surface area (Å²) in [6.45, 7) is 11.4. The summed E-state index contributed by atoms with van der Waals surface area (Å²) in [5, 5.41) is 12.8. The molecule has 0 bridgehead atoms. The van der Waals surface area contributed by atoms with Gasteiger partial charge < -0.3 is 10.2 Å². The van der Waals surface area contributed by atoms with E-state index < -0.39 is 0 Å². The zero-order chi connectivity index (χ0) is 15.4. The molecule has 2 heterocycles. The molecule has 0 radical (unpaired) electrons. The fraction of sp³-hybridized carbons (Fsp3) is 0.600. The summed E-state index contributed by atoms with van der Waals surface area (Å²) in [7, 11) is 0. The summed E-state index contributed by atoms with van der Waals surface area (Å²) in [4.78, 5) is 17.8. The molecule has 6 heteroatoms. The Bertz CT molecular complexity index is 553. The van der Waals surface area contributed by atoms with Gasteiger partial charge in [-0.25, -0.2) is 0 Å². The van der Waals surface area contributed by atoms with Gasteiger partial charge in [-0.15, -0.1) is 11.3 Å². The predicted molar refractivity (Wildman–Crippen MR) is 85.7 cm³/mol. The number of carbonyl (C=O) groups excluding carboxylic acids is 1. The zero-order valence-corrected chi connectivity index (χ0v) is 13.7. The molecule has 1 fully saturated rings. The number of thiophene rings is 1. The third-order valence-corrected chi connectivity index (χ3v) is 5.15. The Morgan fingerprint density at radius 2 is 1.90 bits per heavy atom. The van der Waals surface area contributed by atoms with Crippen LogP contribution in [0.2, 0.25) is 0 Å². The van der Waals surface area contributed by atoms with Gasteiger partial charge >= 0.3 is 0 Å². The summed E-state index contributed by atoms with van der Waals surface area (Å²) in [5.74, 6) is -0.0299. The van der Waals surface area contributed by atoms with Crippen molar-refractivity contribution in [3.05, 3.63) is 16.0 Å². The highest BCUT2D eigenvalue weighted by Gasteiger charge is 2.19. The summed E-state index contributed by atoms with van der Waals surface area (Å²) in [6, 6.07) is 2.18. The molecule has 1 aliphatic rings. The molecule has 1 aromatic rings. The summed E-state index contributed by atoms with van der Waals surface area (Å²) >= 11 is 1.48. The average Bonchev–Trinajstić information content (AvgIpc) is 2.73. The maximum absolute atomic E-state index is 12.2. The number of carbonyl (C=O) groups is 1. The Morgan fingerprint density at radius 3 is 2.48 bits per heavy atom. The van der Waals surface area contributed by atoms with Crippen molar-refractivity contribution in [2.24, 2.45) is 0 Å². The Hall–Kier alpha value is -1.42. The van der Waals surface area contributed by atoms with Crippen LogP contribution in [0.1, 0.15) is 22.9 Å². The number of piperazine rings is 1. The molecule has 114 valence electrons. The first-order valence-electron chi connectivity index (χ1n) is 7.29. The van der Waals surface area contributed by atoms with Gasteiger partial charge in [-0.2, -0.15) is 5.26 Å². The maximum atomic E-state index is 12.2. The number of aryl methyl sites for hydroxylation is 1. The second-order valence-corrected chi connectivity index (χ2v) is 6.58. The van der Waals surface area contributed by atoms with Gasteiger partial charge in [0, 0.05) is 31.1 Å². The van der Waals surface area contributed by atoms with Gasteiger partial charge in [-0.05, 0) is 26.0 Å². The molecule has 1 aromatic heterocycles. The van der Waals surface area contributed by atoms with Gasteiger partial charge in [-0.1, -0.05) is 6.92 Å². The van der Waals surface area contributed by atoms with Crippen LogP contribution < -0.4 is 5.32 Å². The number of hydrogen-bond donors (Lipinski definition) is 1. The van der Waals surface area contributed by atoms with E-state index in [4.69, 9.17) is 0 Å². The fourth-order valence-electron chi connectivity index (χ4n) is 2.48. The van der Waals surface area contributed by atoms with Crippen molar-refractivity contribution in [1.82, 2.24) is 9.80 Å². The number of likely N-dealkylation sites (N-methyl/N-ethyl adjacent to an activating group) is 1. The van der Waals surface area contributed by atoms with E-state index in [0.717, 1.165) is 43.2 Å². The molecule has 1 amide bonds. The Balaban J connectivity index is 1.91. The van der Waals surface area contributed by atoms with Crippen molar-refractivity contribution >= 4 is 22.2 Å². The predicted octanol–water partition coefficient (Wildman–Crippen LogP) is 1.81. The standard InChI is InChI=1S/C15H22N4OS/c1-4-18-5-7-19(8-6-18)10-14(20)17-15-13(9-16)11(2)12(3)21-15/h4-8,10H2,1-3H3,(H,17,20). The number of hydrogen-bond acceptors (Lipinski definition) is 5. The highest BCUT2D eigenvalue weighted by Crippen LogP contribution is 2.31. The average molecular weight is 306 g/mol. The molecule has 1 N–H and O–H groups in total. The quantitative estimate of drug-likeness (QED) is 0.922. The number of nitriles is 1. The van der Waals surface area contributed by atoms with E-state index in [1.165, 1.54) is 11.3 Å². The van der Waals surface area contributed by atoms with Crippen LogP contribution in [0.3, 0.4) is 0 Å². The number of anilines is 1. The van der Waals surface area contributed by atoms with Crippen molar-refractivity contribution in [1.29, 1.82) is 5.26 Å². The summed E-state index contributed by atoms with van der Waals surface area (Å²) in [5.41, 5.74) is 1.57. The van der Waals surface area contributed by atoms with Crippen molar-refractivity contribution in [3.8, 4) is 6.07 Å². The molecule has 21 heavy (non-hydrogen) atoms. The molecule has 5 nitrogen and oxygen atoms in total. The molecule has 0 atom stereocenters. The maximum Gasteiger partial charge on any atom is 0.239 e. The smallest absolute Gasteiger partial charge is 0.239 e. The highest BCUT2D eigenvalue weighted by molar-refractivity contribution is 7.16. The first kappa shape index (κ1) is 16.0. The van der Waals surface area contributed by atoms with E-state index in [9.17, 15) is 10.1 Å². The minimum Gasteiger partial charge on any atom is -0.315 e. The van der Waals surface area contributed by atoms with Crippen LogP contribution in [-0.4, -0.2) is 55.0 Å². The van der Waals surface area contributed by atoms with Gasteiger partial charge in [0.15, 0.2) is 0 Å². The van der Waals surface area contributed by atoms with Crippen LogP contribution in [0.4, 0.5) is 5.00 Å². The molecule has 2 rings (SSSR count). The van der Waals surface area contributed by atoms with Crippen LogP contribution in [0, 0.1) is 25.2 Å². The van der Waals surface area contributed by atoms with Crippen molar-refractivity contribution in [2.75, 3.05) is 44.6 Å². The molecule has 0 unspecified atom stereocenters. The van der Waals surface area contributed by atoms with Crippen LogP contribution >= 0.6 is 11.3 Å². The van der Waals surface area contributed by atoms with Crippen molar-refractivity contribution in [2.45, 2.75) is 20.8 Å². The molecule has 0 saturated carbocycles. The lowest BCUT2D eigenvalue weighted by molar-refractivity contribution is -0.117. The minimum atomic E-state index is -0.0299. The van der Waals surface area contributed by atoms with Gasteiger partial charge in [0.25, 0.3) is 0 Å². The minimum absolute atomic E-state index is 0.0299. The van der Waals surface area contributed by atoms with Crippen molar-refractivity contribution < 1.29 is 4.79 Å². The van der Waals surface area contributed by atoms with Crippen LogP contribution in [0.25, 0.3) is 0 Å². The molecular formula is C15H22N4OS. The monoisotopic (exact) mass is 306 g/mol. The van der Waals surface area contributed by atoms with E-state index >= 15 is 0 Å². The topological polar surface area (TPSA) is 59.4 Å². The van der Waals surface area contributed by atoms with Crippen LogP contribution in [0.15, 0.2) is 0 Å². The van der Waals surface area contributed by atoms with Crippen LogP contribution in [0.5, 0.6) is 0 Å². The number of nitrogens with one attached hydrogen (secondary N) is 1. The number of nitrogens with zero attached hydrogens (tertiary/aromatic N) is 3. The first-order chi connectivity index (χ1) is 10.0. The normalized spacial score (nSPS) is 16.7. The number of rotatable bonds is 4. The lowest BCUT2D eigenvalue weighted by Gasteiger charge is -2.33. The van der Waals surface area contributed by atoms with Gasteiger partial charge in [0.05, 0.1) is 12.1 Å². The Kier molecular flexibility index (Phi) is 5.34. The van der Waals surface area contributed by atoms with E-state index in [0.29, 0.717) is 17.1 Å². The molecular weight excluding hydrogens is 284 g/mol. The summed E-state index contributed by atoms with van der Waals surface area (Å²) < 4.78 is 0.